The fourth-order valence-electron chi connectivity index (χ4n) is 7.14. The molecule has 9 rings (SSSR count). The summed E-state index contributed by atoms with van der Waals surface area (Å²) in [6, 6.07) is 52.9. The van der Waals surface area contributed by atoms with Crippen LogP contribution < -0.4 is 10.3 Å². The third kappa shape index (κ3) is 3.81. The van der Waals surface area contributed by atoms with E-state index in [4.69, 9.17) is 0 Å². The van der Waals surface area contributed by atoms with Gasteiger partial charge in [-0.2, -0.15) is 0 Å². The van der Waals surface area contributed by atoms with Crippen molar-refractivity contribution in [2.75, 3.05) is 4.90 Å². The van der Waals surface area contributed by atoms with E-state index in [0.717, 1.165) is 33.8 Å². The summed E-state index contributed by atoms with van der Waals surface area (Å²) < 4.78 is 2.20. The Morgan fingerprint density at radius 2 is 1.11 bits per heavy atom. The van der Waals surface area contributed by atoms with E-state index < -0.39 is 0 Å². The minimum Gasteiger partial charge on any atom is -0.310 e. The van der Waals surface area contributed by atoms with Gasteiger partial charge in [0.2, 0.25) is 0 Å². The van der Waals surface area contributed by atoms with Gasteiger partial charge in [0, 0.05) is 33.2 Å². The van der Waals surface area contributed by atoms with Crippen LogP contribution in [-0.2, 0) is 0 Å². The first-order chi connectivity index (χ1) is 22.2. The van der Waals surface area contributed by atoms with Crippen molar-refractivity contribution in [1.29, 1.82) is 0 Å². The summed E-state index contributed by atoms with van der Waals surface area (Å²) in [7, 11) is 0. The second-order valence-electron chi connectivity index (χ2n) is 11.8. The Hall–Kier alpha value is -5.93. The standard InChI is InChI=1S/C42H28N2O/c1-27-18-20-29(21-19-27)43(39-25-23-34-32-13-6-5-12-31(32)33-15-9-16-35(39)41(33)34)30-22-24-40-37(26-30)42(45)36-14-7-8-17-38(36)44(40)28-10-3-2-4-11-28/h2-26H,1H3. The van der Waals surface area contributed by atoms with Crippen molar-refractivity contribution in [1.82, 2.24) is 4.57 Å². The zero-order chi connectivity index (χ0) is 30.1. The van der Waals surface area contributed by atoms with Crippen LogP contribution in [0.5, 0.6) is 0 Å². The summed E-state index contributed by atoms with van der Waals surface area (Å²) in [5, 5.41) is 3.84. The number of nitrogens with zero attached hydrogens (tertiary/aromatic N) is 2. The average molecular weight is 577 g/mol. The van der Waals surface area contributed by atoms with Crippen LogP contribution in [0.25, 0.3) is 60.5 Å². The van der Waals surface area contributed by atoms with Crippen LogP contribution in [0, 0.1) is 6.92 Å². The van der Waals surface area contributed by atoms with E-state index in [0.29, 0.717) is 10.8 Å². The van der Waals surface area contributed by atoms with E-state index >= 15 is 0 Å². The van der Waals surface area contributed by atoms with Crippen molar-refractivity contribution in [2.24, 2.45) is 0 Å². The second kappa shape index (κ2) is 9.80. The van der Waals surface area contributed by atoms with Crippen LogP contribution in [-0.4, -0.2) is 4.57 Å². The van der Waals surface area contributed by atoms with Gasteiger partial charge in [0.05, 0.1) is 16.7 Å². The van der Waals surface area contributed by atoms with Crippen LogP contribution in [0.3, 0.4) is 0 Å². The number of hydrogen-bond acceptors (Lipinski definition) is 2. The van der Waals surface area contributed by atoms with E-state index in [9.17, 15) is 4.79 Å². The lowest BCUT2D eigenvalue weighted by Gasteiger charge is -2.28. The molecule has 212 valence electrons. The minimum absolute atomic E-state index is 0.0364. The van der Waals surface area contributed by atoms with Crippen molar-refractivity contribution in [3.05, 3.63) is 167 Å². The average Bonchev–Trinajstić information content (AvgIpc) is 3.42. The fraction of sp³-hybridized carbons (Fsp3) is 0.0238. The van der Waals surface area contributed by atoms with E-state index in [1.807, 2.05) is 42.5 Å². The molecule has 1 aromatic heterocycles. The first-order valence-corrected chi connectivity index (χ1v) is 15.3. The van der Waals surface area contributed by atoms with Crippen molar-refractivity contribution >= 4 is 49.6 Å². The number of anilines is 3. The summed E-state index contributed by atoms with van der Waals surface area (Å²) in [5.74, 6) is 0. The summed E-state index contributed by atoms with van der Waals surface area (Å²) in [6.07, 6.45) is 0. The van der Waals surface area contributed by atoms with Crippen LogP contribution in [0.4, 0.5) is 17.1 Å². The fourth-order valence-corrected chi connectivity index (χ4v) is 7.14. The monoisotopic (exact) mass is 576 g/mol. The van der Waals surface area contributed by atoms with E-state index in [1.165, 1.54) is 38.6 Å². The number of aryl methyl sites for hydroxylation is 1. The third-order valence-corrected chi connectivity index (χ3v) is 9.19. The SMILES string of the molecule is Cc1ccc(N(c2ccc3c(c2)c(=O)c2ccccc2n3-c2ccccc2)c2ccc3c4c(cccc24)-c2ccccc2-3)cc1. The van der Waals surface area contributed by atoms with E-state index in [-0.39, 0.29) is 5.43 Å². The molecule has 0 amide bonds. The zero-order valence-corrected chi connectivity index (χ0v) is 24.7. The molecule has 45 heavy (non-hydrogen) atoms. The number of aromatic nitrogens is 1. The molecule has 3 nitrogen and oxygen atoms in total. The molecule has 0 N–H and O–H groups in total. The molecule has 0 unspecified atom stereocenters. The molecule has 1 heterocycles. The van der Waals surface area contributed by atoms with Gasteiger partial charge in [0.25, 0.3) is 0 Å². The van der Waals surface area contributed by atoms with Gasteiger partial charge in [-0.05, 0) is 95.2 Å². The Balaban J connectivity index is 1.34. The summed E-state index contributed by atoms with van der Waals surface area (Å²) >= 11 is 0. The molecule has 0 aliphatic heterocycles. The highest BCUT2D eigenvalue weighted by molar-refractivity contribution is 6.19. The van der Waals surface area contributed by atoms with E-state index in [1.54, 1.807) is 0 Å². The molecule has 0 atom stereocenters. The van der Waals surface area contributed by atoms with Crippen molar-refractivity contribution in [3.8, 4) is 27.9 Å². The van der Waals surface area contributed by atoms with Gasteiger partial charge in [-0.3, -0.25) is 4.79 Å². The number of pyridine rings is 1. The van der Waals surface area contributed by atoms with Gasteiger partial charge >= 0.3 is 0 Å². The molecule has 0 saturated carbocycles. The number of para-hydroxylation sites is 2. The molecule has 3 heteroatoms. The third-order valence-electron chi connectivity index (χ3n) is 9.19. The van der Waals surface area contributed by atoms with Gasteiger partial charge in [-0.15, -0.1) is 0 Å². The van der Waals surface area contributed by atoms with Crippen LogP contribution in [0.15, 0.2) is 156 Å². The maximum atomic E-state index is 14.2. The highest BCUT2D eigenvalue weighted by Gasteiger charge is 2.25. The van der Waals surface area contributed by atoms with Crippen LogP contribution in [0.1, 0.15) is 5.56 Å². The number of benzene rings is 7. The Morgan fingerprint density at radius 1 is 0.489 bits per heavy atom. The number of hydrogen-bond donors (Lipinski definition) is 0. The summed E-state index contributed by atoms with van der Waals surface area (Å²) in [6.45, 7) is 2.11. The first kappa shape index (κ1) is 25.6. The molecule has 0 saturated heterocycles. The quantitative estimate of drug-likeness (QED) is 0.195. The normalized spacial score (nSPS) is 11.8. The van der Waals surface area contributed by atoms with Gasteiger partial charge in [-0.25, -0.2) is 0 Å². The molecular formula is C42H28N2O. The first-order valence-electron chi connectivity index (χ1n) is 15.3. The highest BCUT2D eigenvalue weighted by atomic mass is 16.1. The largest absolute Gasteiger partial charge is 0.310 e. The minimum atomic E-state index is 0.0364. The lowest BCUT2D eigenvalue weighted by atomic mass is 10.00. The van der Waals surface area contributed by atoms with Gasteiger partial charge in [0.1, 0.15) is 0 Å². The predicted molar refractivity (Wildman–Crippen MR) is 188 cm³/mol. The second-order valence-corrected chi connectivity index (χ2v) is 11.8. The van der Waals surface area contributed by atoms with Crippen molar-refractivity contribution < 1.29 is 0 Å². The van der Waals surface area contributed by atoms with Crippen LogP contribution in [0.2, 0.25) is 0 Å². The molecule has 7 aromatic carbocycles. The molecule has 1 aliphatic rings. The molecular weight excluding hydrogens is 548 g/mol. The summed E-state index contributed by atoms with van der Waals surface area (Å²) in [4.78, 5) is 16.5. The van der Waals surface area contributed by atoms with Crippen molar-refractivity contribution in [2.45, 2.75) is 6.92 Å². The lowest BCUT2D eigenvalue weighted by molar-refractivity contribution is 1.16. The van der Waals surface area contributed by atoms with Gasteiger partial charge < -0.3 is 9.47 Å². The maximum absolute atomic E-state index is 14.2. The highest BCUT2D eigenvalue weighted by Crippen LogP contribution is 2.51. The molecule has 0 radical (unpaired) electrons. The lowest BCUT2D eigenvalue weighted by Crippen LogP contribution is -2.14. The Labute approximate surface area is 260 Å². The van der Waals surface area contributed by atoms with Crippen LogP contribution >= 0.6 is 0 Å². The van der Waals surface area contributed by atoms with Gasteiger partial charge in [-0.1, -0.05) is 96.6 Å². The zero-order valence-electron chi connectivity index (χ0n) is 24.7. The maximum Gasteiger partial charge on any atom is 0.197 e. The molecule has 8 aromatic rings. The number of rotatable bonds is 4. The molecule has 0 spiro atoms. The Bertz CT molecular complexity index is 2480. The topological polar surface area (TPSA) is 25.2 Å². The predicted octanol–water partition coefficient (Wildman–Crippen LogP) is 10.7. The Kier molecular flexibility index (Phi) is 5.56. The van der Waals surface area contributed by atoms with Crippen molar-refractivity contribution in [3.63, 3.8) is 0 Å². The number of fused-ring (bicyclic) bond motifs is 5. The molecule has 0 bridgehead atoms. The molecule has 1 aliphatic carbocycles. The van der Waals surface area contributed by atoms with E-state index in [2.05, 4.69) is 126 Å². The molecule has 0 fully saturated rings. The summed E-state index contributed by atoms with van der Waals surface area (Å²) in [5.41, 5.74) is 12.2. The van der Waals surface area contributed by atoms with Gasteiger partial charge in [0.15, 0.2) is 5.43 Å². The Morgan fingerprint density at radius 3 is 1.91 bits per heavy atom. The smallest absolute Gasteiger partial charge is 0.197 e.